The fraction of sp³-hybridized carbons (Fsp3) is 0.611. The maximum Gasteiger partial charge on any atom is 0.225 e. The molecule has 0 spiro atoms. The third-order valence-corrected chi connectivity index (χ3v) is 5.97. The monoisotopic (exact) mass is 324 g/mol. The van der Waals surface area contributed by atoms with Crippen LogP contribution in [0.5, 0.6) is 0 Å². The summed E-state index contributed by atoms with van der Waals surface area (Å²) in [6.45, 7) is 3.19. The minimum Gasteiger partial charge on any atom is -0.341 e. The van der Waals surface area contributed by atoms with Crippen LogP contribution in [0.4, 0.5) is 5.95 Å². The van der Waals surface area contributed by atoms with E-state index in [9.17, 15) is 0 Å². The Morgan fingerprint density at radius 3 is 2.83 bits per heavy atom. The predicted octanol–water partition coefficient (Wildman–Crippen LogP) is 2.07. The van der Waals surface area contributed by atoms with Gasteiger partial charge < -0.3 is 9.47 Å². The minimum atomic E-state index is 0.473. The lowest BCUT2D eigenvalue weighted by Gasteiger charge is -2.35. The van der Waals surface area contributed by atoms with Crippen molar-refractivity contribution in [2.24, 2.45) is 7.05 Å². The number of nitrogens with zero attached hydrogens (tertiary/aromatic N) is 6. The molecule has 2 unspecified atom stereocenters. The van der Waals surface area contributed by atoms with Gasteiger partial charge in [0, 0.05) is 63.1 Å². The summed E-state index contributed by atoms with van der Waals surface area (Å²) in [6, 6.07) is 1.08. The Labute approximate surface area is 142 Å². The first-order chi connectivity index (χ1) is 11.8. The zero-order valence-electron chi connectivity index (χ0n) is 14.2. The van der Waals surface area contributed by atoms with Crippen LogP contribution >= 0.6 is 0 Å². The largest absolute Gasteiger partial charge is 0.341 e. The van der Waals surface area contributed by atoms with Crippen LogP contribution in [0.15, 0.2) is 18.7 Å². The molecule has 0 radical (unpaired) electrons. The molecule has 2 atom stereocenters. The molecule has 2 fully saturated rings. The lowest BCUT2D eigenvalue weighted by molar-refractivity contribution is 0.162. The quantitative estimate of drug-likeness (QED) is 0.865. The average Bonchev–Trinajstić information content (AvgIpc) is 3.30. The number of imidazole rings is 1. The van der Waals surface area contributed by atoms with Gasteiger partial charge in [0.25, 0.3) is 0 Å². The highest BCUT2D eigenvalue weighted by atomic mass is 15.3. The summed E-state index contributed by atoms with van der Waals surface area (Å²) in [5.41, 5.74) is 3.93. The molecule has 2 saturated heterocycles. The van der Waals surface area contributed by atoms with Crippen LogP contribution in [0.1, 0.15) is 48.7 Å². The summed E-state index contributed by atoms with van der Waals surface area (Å²) in [4.78, 5) is 18.9. The van der Waals surface area contributed by atoms with E-state index in [0.29, 0.717) is 12.1 Å². The Kier molecular flexibility index (Phi) is 3.33. The van der Waals surface area contributed by atoms with Gasteiger partial charge in [0.2, 0.25) is 5.95 Å². The topological polar surface area (TPSA) is 50.1 Å². The van der Waals surface area contributed by atoms with Crippen LogP contribution in [-0.4, -0.2) is 43.6 Å². The normalized spacial score (nSPS) is 26.1. The molecule has 5 heterocycles. The standard InChI is InChI=1S/C18H24N6/c1-22-12-19-9-14(22)11-24-13-4-5-17(24)15-10-20-18(21-16(15)8-13)23-6-2-3-7-23/h9-10,12-13,17H,2-8,11H2,1H3. The molecule has 0 saturated carbocycles. The molecule has 126 valence electrons. The van der Waals surface area contributed by atoms with Gasteiger partial charge in [0.05, 0.1) is 17.7 Å². The van der Waals surface area contributed by atoms with E-state index in [1.807, 2.05) is 12.5 Å². The fourth-order valence-electron chi connectivity index (χ4n) is 4.60. The van der Waals surface area contributed by atoms with Crippen molar-refractivity contribution in [1.29, 1.82) is 0 Å². The number of hydrogen-bond acceptors (Lipinski definition) is 5. The SMILES string of the molecule is Cn1cncc1CN1C2CCC1c1cnc(N3CCCC3)nc1C2. The molecule has 2 bridgehead atoms. The average molecular weight is 324 g/mol. The Morgan fingerprint density at radius 2 is 2.04 bits per heavy atom. The zero-order chi connectivity index (χ0) is 16.1. The summed E-state index contributed by atoms with van der Waals surface area (Å²) in [5, 5.41) is 0. The van der Waals surface area contributed by atoms with Crippen LogP contribution in [0, 0.1) is 0 Å². The van der Waals surface area contributed by atoms with Gasteiger partial charge in [-0.2, -0.15) is 0 Å². The van der Waals surface area contributed by atoms with Gasteiger partial charge in [-0.1, -0.05) is 0 Å². The van der Waals surface area contributed by atoms with Gasteiger partial charge in [0.1, 0.15) is 0 Å². The summed E-state index contributed by atoms with van der Waals surface area (Å²) >= 11 is 0. The Morgan fingerprint density at radius 1 is 1.17 bits per heavy atom. The van der Waals surface area contributed by atoms with Crippen molar-refractivity contribution in [2.45, 2.75) is 50.7 Å². The van der Waals surface area contributed by atoms with Crippen molar-refractivity contribution in [3.63, 3.8) is 0 Å². The van der Waals surface area contributed by atoms with Gasteiger partial charge in [-0.25, -0.2) is 15.0 Å². The van der Waals surface area contributed by atoms with Gasteiger partial charge in [-0.15, -0.1) is 0 Å². The highest BCUT2D eigenvalue weighted by Gasteiger charge is 2.41. The van der Waals surface area contributed by atoms with E-state index in [2.05, 4.69) is 32.6 Å². The molecule has 6 nitrogen and oxygen atoms in total. The highest BCUT2D eigenvalue weighted by molar-refractivity contribution is 5.38. The molecule has 2 aromatic rings. The number of rotatable bonds is 3. The van der Waals surface area contributed by atoms with E-state index >= 15 is 0 Å². The first kappa shape index (κ1) is 14.4. The van der Waals surface area contributed by atoms with E-state index in [1.54, 1.807) is 0 Å². The Hall–Kier alpha value is -1.95. The summed E-state index contributed by atoms with van der Waals surface area (Å²) in [6.07, 6.45) is 12.1. The first-order valence-electron chi connectivity index (χ1n) is 9.11. The Balaban J connectivity index is 1.43. The second-order valence-corrected chi connectivity index (χ2v) is 7.39. The summed E-state index contributed by atoms with van der Waals surface area (Å²) in [7, 11) is 2.08. The molecule has 6 heteroatoms. The number of aryl methyl sites for hydroxylation is 1. The van der Waals surface area contributed by atoms with Crippen LogP contribution in [-0.2, 0) is 20.0 Å². The predicted molar refractivity (Wildman–Crippen MR) is 91.7 cm³/mol. The van der Waals surface area contributed by atoms with Gasteiger partial charge >= 0.3 is 0 Å². The fourth-order valence-corrected chi connectivity index (χ4v) is 4.60. The molecule has 24 heavy (non-hydrogen) atoms. The van der Waals surface area contributed by atoms with Crippen molar-refractivity contribution in [1.82, 2.24) is 24.4 Å². The smallest absolute Gasteiger partial charge is 0.225 e. The van der Waals surface area contributed by atoms with Crippen LogP contribution in [0.25, 0.3) is 0 Å². The lowest BCUT2D eigenvalue weighted by Crippen LogP contribution is -2.38. The number of anilines is 1. The van der Waals surface area contributed by atoms with E-state index in [0.717, 1.165) is 32.0 Å². The number of hydrogen-bond donors (Lipinski definition) is 0. The maximum atomic E-state index is 4.96. The molecular weight excluding hydrogens is 300 g/mol. The van der Waals surface area contributed by atoms with Crippen molar-refractivity contribution in [3.05, 3.63) is 35.7 Å². The molecule has 0 aromatic carbocycles. The maximum absolute atomic E-state index is 4.96. The van der Waals surface area contributed by atoms with E-state index < -0.39 is 0 Å². The third-order valence-electron chi connectivity index (χ3n) is 5.97. The lowest BCUT2D eigenvalue weighted by atomic mass is 9.99. The van der Waals surface area contributed by atoms with Gasteiger partial charge in [0.15, 0.2) is 0 Å². The molecule has 5 rings (SSSR count). The van der Waals surface area contributed by atoms with Crippen molar-refractivity contribution < 1.29 is 0 Å². The summed E-state index contributed by atoms with van der Waals surface area (Å²) < 4.78 is 2.13. The van der Waals surface area contributed by atoms with E-state index in [1.165, 1.54) is 42.6 Å². The molecule has 0 aliphatic carbocycles. The molecule has 3 aliphatic rings. The van der Waals surface area contributed by atoms with Crippen molar-refractivity contribution in [3.8, 4) is 0 Å². The second kappa shape index (κ2) is 5.55. The van der Waals surface area contributed by atoms with Gasteiger partial charge in [-0.05, 0) is 25.7 Å². The van der Waals surface area contributed by atoms with Gasteiger partial charge in [-0.3, -0.25) is 4.90 Å². The van der Waals surface area contributed by atoms with E-state index in [4.69, 9.17) is 9.97 Å². The second-order valence-electron chi connectivity index (χ2n) is 7.39. The molecule has 3 aliphatic heterocycles. The highest BCUT2D eigenvalue weighted by Crippen LogP contribution is 2.44. The summed E-state index contributed by atoms with van der Waals surface area (Å²) in [5.74, 6) is 0.950. The molecule has 2 aromatic heterocycles. The van der Waals surface area contributed by atoms with Crippen molar-refractivity contribution >= 4 is 5.95 Å². The molecule has 0 amide bonds. The molecule has 0 N–H and O–H groups in total. The number of aromatic nitrogens is 4. The zero-order valence-corrected chi connectivity index (χ0v) is 14.2. The van der Waals surface area contributed by atoms with Crippen LogP contribution < -0.4 is 4.90 Å². The first-order valence-corrected chi connectivity index (χ1v) is 9.11. The Bertz CT molecular complexity index is 748. The van der Waals surface area contributed by atoms with Crippen LogP contribution in [0.3, 0.4) is 0 Å². The van der Waals surface area contributed by atoms with Crippen molar-refractivity contribution in [2.75, 3.05) is 18.0 Å². The third kappa shape index (κ3) is 2.24. The minimum absolute atomic E-state index is 0.473. The van der Waals surface area contributed by atoms with Crippen LogP contribution in [0.2, 0.25) is 0 Å². The van der Waals surface area contributed by atoms with E-state index in [-0.39, 0.29) is 0 Å². The number of fused-ring (bicyclic) bond motifs is 4. The molecular formula is C18H24N6.